The quantitative estimate of drug-likeness (QED) is 0.809. The summed E-state index contributed by atoms with van der Waals surface area (Å²) in [4.78, 5) is 13.5. The number of aryl methyl sites for hydroxylation is 1. The Labute approximate surface area is 154 Å². The summed E-state index contributed by atoms with van der Waals surface area (Å²) in [5.41, 5.74) is 2.17. The molecule has 6 nitrogen and oxygen atoms in total. The first kappa shape index (κ1) is 19.6. The first-order chi connectivity index (χ1) is 12.4. The summed E-state index contributed by atoms with van der Waals surface area (Å²) in [6, 6.07) is 15.3. The van der Waals surface area contributed by atoms with Crippen LogP contribution in [-0.2, 0) is 21.2 Å². The third kappa shape index (κ3) is 4.91. The van der Waals surface area contributed by atoms with Crippen LogP contribution in [0.5, 0.6) is 0 Å². The maximum atomic E-state index is 12.4. The van der Waals surface area contributed by atoms with E-state index in [1.54, 1.807) is 48.5 Å². The van der Waals surface area contributed by atoms with Crippen LogP contribution in [0.15, 0.2) is 53.4 Å². The van der Waals surface area contributed by atoms with Gasteiger partial charge in [-0.25, -0.2) is 13.1 Å². The monoisotopic (exact) mass is 371 g/mol. The van der Waals surface area contributed by atoms with Crippen LogP contribution in [0.25, 0.3) is 0 Å². The number of nitrogens with zero attached hydrogens (tertiary/aromatic N) is 2. The zero-order valence-corrected chi connectivity index (χ0v) is 15.6. The first-order valence-corrected chi connectivity index (χ1v) is 9.72. The third-order valence-corrected chi connectivity index (χ3v) is 5.43. The number of hydrogen-bond donors (Lipinski definition) is 1. The fourth-order valence-electron chi connectivity index (χ4n) is 2.46. The van der Waals surface area contributed by atoms with Crippen LogP contribution in [0.3, 0.4) is 0 Å². The fraction of sp³-hybridized carbons (Fsp3) is 0.263. The number of hydrogen-bond acceptors (Lipinski definition) is 4. The van der Waals surface area contributed by atoms with E-state index in [4.69, 9.17) is 5.26 Å². The van der Waals surface area contributed by atoms with Gasteiger partial charge in [-0.3, -0.25) is 4.79 Å². The molecule has 2 aromatic carbocycles. The molecule has 0 aromatic heterocycles. The Kier molecular flexibility index (Phi) is 6.50. The van der Waals surface area contributed by atoms with Gasteiger partial charge in [0.2, 0.25) is 15.9 Å². The lowest BCUT2D eigenvalue weighted by Gasteiger charge is -2.21. The van der Waals surface area contributed by atoms with Crippen molar-refractivity contribution in [3.8, 4) is 6.07 Å². The van der Waals surface area contributed by atoms with E-state index in [0.717, 1.165) is 12.0 Å². The molecule has 0 atom stereocenters. The van der Waals surface area contributed by atoms with Gasteiger partial charge in [0.25, 0.3) is 0 Å². The van der Waals surface area contributed by atoms with E-state index in [9.17, 15) is 13.2 Å². The average molecular weight is 371 g/mol. The number of nitrogens with one attached hydrogen (secondary N) is 1. The molecule has 0 bridgehead atoms. The predicted octanol–water partition coefficient (Wildman–Crippen LogP) is 2.45. The summed E-state index contributed by atoms with van der Waals surface area (Å²) in [6.45, 7) is 3.68. The summed E-state index contributed by atoms with van der Waals surface area (Å²) in [6.07, 6.45) is 0.839. The number of amides is 1. The van der Waals surface area contributed by atoms with Gasteiger partial charge in [-0.15, -0.1) is 0 Å². The lowest BCUT2D eigenvalue weighted by atomic mass is 10.2. The average Bonchev–Trinajstić information content (AvgIpc) is 2.65. The highest BCUT2D eigenvalue weighted by Crippen LogP contribution is 2.15. The molecule has 2 aromatic rings. The molecular weight excluding hydrogens is 350 g/mol. The number of sulfonamides is 1. The lowest BCUT2D eigenvalue weighted by Crippen LogP contribution is -2.37. The molecule has 136 valence electrons. The van der Waals surface area contributed by atoms with Crippen molar-refractivity contribution in [3.05, 3.63) is 59.7 Å². The molecule has 0 aliphatic rings. The Balaban J connectivity index is 2.04. The highest BCUT2D eigenvalue weighted by Gasteiger charge is 2.16. The van der Waals surface area contributed by atoms with E-state index in [1.165, 1.54) is 11.8 Å². The van der Waals surface area contributed by atoms with Crippen LogP contribution in [0.1, 0.15) is 25.0 Å². The molecule has 0 aliphatic heterocycles. The summed E-state index contributed by atoms with van der Waals surface area (Å²) >= 11 is 0. The van der Waals surface area contributed by atoms with E-state index < -0.39 is 10.0 Å². The van der Waals surface area contributed by atoms with E-state index in [1.807, 2.05) is 13.0 Å². The highest BCUT2D eigenvalue weighted by molar-refractivity contribution is 7.89. The maximum Gasteiger partial charge on any atom is 0.240 e. The van der Waals surface area contributed by atoms with Crippen molar-refractivity contribution in [1.82, 2.24) is 4.72 Å². The Morgan fingerprint density at radius 2 is 1.73 bits per heavy atom. The van der Waals surface area contributed by atoms with Crippen LogP contribution in [0.4, 0.5) is 5.69 Å². The number of anilines is 1. The van der Waals surface area contributed by atoms with Gasteiger partial charge in [0.1, 0.15) is 0 Å². The Morgan fingerprint density at radius 3 is 2.23 bits per heavy atom. The molecule has 1 amide bonds. The molecular formula is C19H21N3O3S. The molecule has 0 spiro atoms. The molecule has 0 radical (unpaired) electrons. The Morgan fingerprint density at radius 1 is 1.12 bits per heavy atom. The standard InChI is InChI=1S/C19H21N3O3S/c1-3-16-6-10-19(11-7-16)26(24,25)21-12-13-22(15(2)23)18-8-4-17(14-20)5-9-18/h4-11,21H,3,12-13H2,1-2H3. The van der Waals surface area contributed by atoms with Crippen molar-refractivity contribution in [1.29, 1.82) is 5.26 Å². The lowest BCUT2D eigenvalue weighted by molar-refractivity contribution is -0.116. The zero-order chi connectivity index (χ0) is 19.2. The maximum absolute atomic E-state index is 12.4. The molecule has 1 N–H and O–H groups in total. The SMILES string of the molecule is CCc1ccc(S(=O)(=O)NCCN(C(C)=O)c2ccc(C#N)cc2)cc1. The minimum atomic E-state index is -3.63. The van der Waals surface area contributed by atoms with Crippen LogP contribution < -0.4 is 9.62 Å². The van der Waals surface area contributed by atoms with Gasteiger partial charge < -0.3 is 4.90 Å². The smallest absolute Gasteiger partial charge is 0.240 e. The Hall–Kier alpha value is -2.69. The molecule has 0 saturated heterocycles. The number of carbonyl (C=O) groups excluding carboxylic acids is 1. The zero-order valence-electron chi connectivity index (χ0n) is 14.8. The van der Waals surface area contributed by atoms with Gasteiger partial charge in [-0.1, -0.05) is 19.1 Å². The number of benzene rings is 2. The van der Waals surface area contributed by atoms with Crippen molar-refractivity contribution in [3.63, 3.8) is 0 Å². The van der Waals surface area contributed by atoms with Crippen molar-refractivity contribution in [2.75, 3.05) is 18.0 Å². The molecule has 0 aliphatic carbocycles. The van der Waals surface area contributed by atoms with Crippen molar-refractivity contribution < 1.29 is 13.2 Å². The molecule has 0 saturated carbocycles. The second kappa shape index (κ2) is 8.61. The highest BCUT2D eigenvalue weighted by atomic mass is 32.2. The molecule has 7 heteroatoms. The van der Waals surface area contributed by atoms with Crippen molar-refractivity contribution >= 4 is 21.6 Å². The van der Waals surface area contributed by atoms with E-state index in [0.29, 0.717) is 11.3 Å². The number of carbonyl (C=O) groups is 1. The largest absolute Gasteiger partial charge is 0.311 e. The topological polar surface area (TPSA) is 90.3 Å². The minimum Gasteiger partial charge on any atom is -0.311 e. The number of nitriles is 1. The summed E-state index contributed by atoms with van der Waals surface area (Å²) in [7, 11) is -3.63. The van der Waals surface area contributed by atoms with Gasteiger partial charge in [-0.05, 0) is 48.4 Å². The van der Waals surface area contributed by atoms with Gasteiger partial charge in [0.05, 0.1) is 16.5 Å². The van der Waals surface area contributed by atoms with Gasteiger partial charge in [0, 0.05) is 25.7 Å². The molecule has 0 unspecified atom stereocenters. The second-order valence-corrected chi connectivity index (χ2v) is 7.49. The number of rotatable bonds is 7. The van der Waals surface area contributed by atoms with Gasteiger partial charge >= 0.3 is 0 Å². The van der Waals surface area contributed by atoms with E-state index in [2.05, 4.69) is 4.72 Å². The second-order valence-electron chi connectivity index (χ2n) is 5.72. The van der Waals surface area contributed by atoms with Crippen molar-refractivity contribution in [2.24, 2.45) is 0 Å². The summed E-state index contributed by atoms with van der Waals surface area (Å²) in [5.74, 6) is -0.207. The third-order valence-electron chi connectivity index (χ3n) is 3.96. The fourth-order valence-corrected chi connectivity index (χ4v) is 3.48. The predicted molar refractivity (Wildman–Crippen MR) is 100 cm³/mol. The molecule has 2 rings (SSSR count). The van der Waals surface area contributed by atoms with Crippen molar-refractivity contribution in [2.45, 2.75) is 25.2 Å². The molecule has 0 fully saturated rings. The van der Waals surface area contributed by atoms with Gasteiger partial charge in [0.15, 0.2) is 0 Å². The summed E-state index contributed by atoms with van der Waals surface area (Å²) in [5, 5.41) is 8.84. The van der Waals surface area contributed by atoms with Crippen LogP contribution in [0, 0.1) is 11.3 Å². The molecule has 0 heterocycles. The van der Waals surface area contributed by atoms with Gasteiger partial charge in [-0.2, -0.15) is 5.26 Å². The Bertz CT molecular complexity index is 899. The van der Waals surface area contributed by atoms with Crippen LogP contribution >= 0.6 is 0 Å². The minimum absolute atomic E-state index is 0.0808. The van der Waals surface area contributed by atoms with E-state index >= 15 is 0 Å². The van der Waals surface area contributed by atoms with Crippen LogP contribution in [-0.4, -0.2) is 27.4 Å². The summed E-state index contributed by atoms with van der Waals surface area (Å²) < 4.78 is 27.2. The molecule has 26 heavy (non-hydrogen) atoms. The van der Waals surface area contributed by atoms with E-state index in [-0.39, 0.29) is 23.9 Å². The normalized spacial score (nSPS) is 11.0. The van der Waals surface area contributed by atoms with Crippen LogP contribution in [0.2, 0.25) is 0 Å². The first-order valence-electron chi connectivity index (χ1n) is 8.24.